The number of nitrogens with zero attached hydrogens (tertiary/aromatic N) is 4. The molecule has 2 N–H and O–H groups in total. The molecule has 0 bridgehead atoms. The Balaban J connectivity index is 1.29. The predicted molar refractivity (Wildman–Crippen MR) is 121 cm³/mol. The van der Waals surface area contributed by atoms with Gasteiger partial charge in [0, 0.05) is 31.6 Å². The Labute approximate surface area is 182 Å². The lowest BCUT2D eigenvalue weighted by atomic mass is 10.2. The highest BCUT2D eigenvalue weighted by atomic mass is 32.1. The summed E-state index contributed by atoms with van der Waals surface area (Å²) in [7, 11) is 0. The molecule has 0 unspecified atom stereocenters. The van der Waals surface area contributed by atoms with E-state index in [0.29, 0.717) is 17.7 Å². The van der Waals surface area contributed by atoms with Crippen LogP contribution < -0.4 is 5.32 Å². The Morgan fingerprint density at radius 2 is 2.20 bits per heavy atom. The number of H-pyrrole nitrogens is 1. The van der Waals surface area contributed by atoms with E-state index in [9.17, 15) is 4.79 Å². The molecule has 4 heterocycles. The molecule has 0 aliphatic carbocycles. The van der Waals surface area contributed by atoms with Crippen LogP contribution in [-0.2, 0) is 24.3 Å². The van der Waals surface area contributed by atoms with Gasteiger partial charge in [0.05, 0.1) is 15.9 Å². The van der Waals surface area contributed by atoms with Crippen LogP contribution in [0.3, 0.4) is 0 Å². The van der Waals surface area contributed by atoms with Gasteiger partial charge in [-0.05, 0) is 54.7 Å². The Kier molecular flexibility index (Phi) is 5.22. The highest BCUT2D eigenvalue weighted by Crippen LogP contribution is 2.25. The van der Waals surface area contributed by atoms with Crippen LogP contribution in [0.4, 0.5) is 5.69 Å². The second-order valence-electron chi connectivity index (χ2n) is 7.47. The SMILES string of the molecule is O=C(CCn1c(-c2cccs2)n[nH]c1=S)Nc1ccc2c(c1)nc1n2CCCCC1. The number of hydrogen-bond donors (Lipinski definition) is 2. The standard InChI is InChI=1S/C21H22N6OS2/c28-19(9-11-27-20(24-25-21(27)29)17-5-4-12-30-17)22-14-7-8-16-15(13-14)23-18-6-2-1-3-10-26(16)18/h4-5,7-8,12-13H,1-3,6,9-11H2,(H,22,28)(H,25,29). The number of fused-ring (bicyclic) bond motifs is 3. The van der Waals surface area contributed by atoms with Crippen LogP contribution in [0, 0.1) is 4.77 Å². The van der Waals surface area contributed by atoms with Crippen molar-refractivity contribution in [1.29, 1.82) is 0 Å². The fourth-order valence-electron chi connectivity index (χ4n) is 3.98. The molecule has 5 rings (SSSR count). The number of amides is 1. The average molecular weight is 439 g/mol. The molecule has 0 spiro atoms. The van der Waals surface area contributed by atoms with Crippen molar-refractivity contribution >= 4 is 46.2 Å². The van der Waals surface area contributed by atoms with Gasteiger partial charge < -0.3 is 9.88 Å². The minimum absolute atomic E-state index is 0.0599. The monoisotopic (exact) mass is 438 g/mol. The summed E-state index contributed by atoms with van der Waals surface area (Å²) in [5.74, 6) is 1.86. The maximum atomic E-state index is 12.6. The lowest BCUT2D eigenvalue weighted by Gasteiger charge is -2.08. The molecular formula is C21H22N6OS2. The Hall–Kier alpha value is -2.78. The number of carbonyl (C=O) groups excluding carboxylic acids is 1. The molecule has 0 saturated heterocycles. The second kappa shape index (κ2) is 8.16. The van der Waals surface area contributed by atoms with E-state index < -0.39 is 0 Å². The number of benzene rings is 1. The van der Waals surface area contributed by atoms with E-state index in [1.54, 1.807) is 11.3 Å². The Morgan fingerprint density at radius 1 is 1.27 bits per heavy atom. The highest BCUT2D eigenvalue weighted by molar-refractivity contribution is 7.71. The summed E-state index contributed by atoms with van der Waals surface area (Å²) in [6.45, 7) is 1.49. The molecule has 1 aliphatic rings. The van der Waals surface area contributed by atoms with Crippen molar-refractivity contribution in [3.05, 3.63) is 46.3 Å². The number of aryl methyl sites for hydroxylation is 2. The van der Waals surface area contributed by atoms with Gasteiger partial charge in [-0.25, -0.2) is 4.98 Å². The van der Waals surface area contributed by atoms with Crippen LogP contribution in [-0.4, -0.2) is 30.2 Å². The molecule has 9 heteroatoms. The summed E-state index contributed by atoms with van der Waals surface area (Å²) < 4.78 is 4.71. The van der Waals surface area contributed by atoms with Gasteiger partial charge in [0.25, 0.3) is 0 Å². The summed E-state index contributed by atoms with van der Waals surface area (Å²) in [6, 6.07) is 9.96. The van der Waals surface area contributed by atoms with Crippen LogP contribution in [0.1, 0.15) is 31.5 Å². The number of carbonyl (C=O) groups is 1. The van der Waals surface area contributed by atoms with Crippen LogP contribution >= 0.6 is 23.6 Å². The molecule has 0 atom stereocenters. The van der Waals surface area contributed by atoms with Gasteiger partial charge in [-0.3, -0.25) is 14.5 Å². The van der Waals surface area contributed by atoms with Crippen LogP contribution in [0.15, 0.2) is 35.7 Å². The maximum Gasteiger partial charge on any atom is 0.226 e. The predicted octanol–water partition coefficient (Wildman–Crippen LogP) is 4.77. The molecule has 0 saturated carbocycles. The van der Waals surface area contributed by atoms with Crippen molar-refractivity contribution in [2.75, 3.05) is 5.32 Å². The normalized spacial score (nSPS) is 13.9. The third kappa shape index (κ3) is 3.70. The zero-order chi connectivity index (χ0) is 20.5. The number of hydrogen-bond acceptors (Lipinski definition) is 5. The van der Waals surface area contributed by atoms with E-state index in [1.807, 2.05) is 34.2 Å². The first-order chi connectivity index (χ1) is 14.7. The number of aromatic amines is 1. The smallest absolute Gasteiger partial charge is 0.226 e. The number of rotatable bonds is 5. The molecule has 154 valence electrons. The van der Waals surface area contributed by atoms with Crippen molar-refractivity contribution in [2.45, 2.75) is 45.2 Å². The lowest BCUT2D eigenvalue weighted by molar-refractivity contribution is -0.116. The summed E-state index contributed by atoms with van der Waals surface area (Å²) in [5.41, 5.74) is 2.87. The Bertz CT molecular complexity index is 1250. The van der Waals surface area contributed by atoms with Crippen molar-refractivity contribution < 1.29 is 4.79 Å². The van der Waals surface area contributed by atoms with E-state index >= 15 is 0 Å². The van der Waals surface area contributed by atoms with E-state index in [0.717, 1.165) is 46.2 Å². The van der Waals surface area contributed by atoms with Gasteiger partial charge in [0.15, 0.2) is 10.6 Å². The fourth-order valence-corrected chi connectivity index (χ4v) is 4.93. The van der Waals surface area contributed by atoms with Gasteiger partial charge in [-0.15, -0.1) is 11.3 Å². The third-order valence-corrected chi connectivity index (χ3v) is 6.63. The number of anilines is 1. The van der Waals surface area contributed by atoms with Gasteiger partial charge in [0.1, 0.15) is 5.82 Å². The van der Waals surface area contributed by atoms with E-state index in [1.165, 1.54) is 19.3 Å². The van der Waals surface area contributed by atoms with Gasteiger partial charge in [-0.2, -0.15) is 5.10 Å². The molecule has 30 heavy (non-hydrogen) atoms. The summed E-state index contributed by atoms with van der Waals surface area (Å²) in [4.78, 5) is 18.4. The van der Waals surface area contributed by atoms with Crippen LogP contribution in [0.5, 0.6) is 0 Å². The van der Waals surface area contributed by atoms with Crippen molar-refractivity contribution in [3.63, 3.8) is 0 Å². The van der Waals surface area contributed by atoms with E-state index in [-0.39, 0.29) is 5.91 Å². The molecule has 1 aliphatic heterocycles. The van der Waals surface area contributed by atoms with Crippen molar-refractivity contribution in [2.24, 2.45) is 0 Å². The number of imidazole rings is 1. The first kappa shape index (κ1) is 19.2. The molecular weight excluding hydrogens is 416 g/mol. The number of aromatic nitrogens is 5. The molecule has 3 aromatic heterocycles. The highest BCUT2D eigenvalue weighted by Gasteiger charge is 2.15. The summed E-state index contributed by atoms with van der Waals surface area (Å²) >= 11 is 6.94. The topological polar surface area (TPSA) is 80.5 Å². The quantitative estimate of drug-likeness (QED) is 0.440. The number of thiophene rings is 1. The molecule has 1 aromatic carbocycles. The molecule has 0 fully saturated rings. The zero-order valence-electron chi connectivity index (χ0n) is 16.4. The van der Waals surface area contributed by atoms with Crippen molar-refractivity contribution in [3.8, 4) is 10.7 Å². The first-order valence-corrected chi connectivity index (χ1v) is 11.5. The summed E-state index contributed by atoms with van der Waals surface area (Å²) in [6.07, 6.45) is 4.98. The van der Waals surface area contributed by atoms with Crippen molar-refractivity contribution in [1.82, 2.24) is 24.3 Å². The van der Waals surface area contributed by atoms with Gasteiger partial charge >= 0.3 is 0 Å². The van der Waals surface area contributed by atoms with Crippen LogP contribution in [0.2, 0.25) is 0 Å². The average Bonchev–Trinajstić information content (AvgIpc) is 3.42. The number of nitrogens with one attached hydrogen (secondary N) is 2. The van der Waals surface area contributed by atoms with E-state index in [4.69, 9.17) is 17.2 Å². The minimum Gasteiger partial charge on any atom is -0.328 e. The first-order valence-electron chi connectivity index (χ1n) is 10.2. The van der Waals surface area contributed by atoms with E-state index in [2.05, 4.69) is 26.1 Å². The Morgan fingerprint density at radius 3 is 3.07 bits per heavy atom. The zero-order valence-corrected chi connectivity index (χ0v) is 18.1. The lowest BCUT2D eigenvalue weighted by Crippen LogP contribution is -2.15. The molecule has 1 amide bonds. The molecule has 0 radical (unpaired) electrons. The largest absolute Gasteiger partial charge is 0.328 e. The summed E-state index contributed by atoms with van der Waals surface area (Å²) in [5, 5.41) is 12.1. The fraction of sp³-hybridized carbons (Fsp3) is 0.333. The second-order valence-corrected chi connectivity index (χ2v) is 8.81. The minimum atomic E-state index is -0.0599. The molecule has 4 aromatic rings. The van der Waals surface area contributed by atoms with Crippen LogP contribution in [0.25, 0.3) is 21.7 Å². The maximum absolute atomic E-state index is 12.6. The van der Waals surface area contributed by atoms with Gasteiger partial charge in [-0.1, -0.05) is 12.5 Å². The van der Waals surface area contributed by atoms with Gasteiger partial charge in [0.2, 0.25) is 5.91 Å². The molecule has 7 nitrogen and oxygen atoms in total. The third-order valence-electron chi connectivity index (χ3n) is 5.46.